The number of benzene rings is 1. The molecule has 0 saturated carbocycles. The van der Waals surface area contributed by atoms with E-state index in [1.54, 1.807) is 0 Å². The summed E-state index contributed by atoms with van der Waals surface area (Å²) in [5.41, 5.74) is 0.692. The Morgan fingerprint density at radius 2 is 1.82 bits per heavy atom. The molecular formula is C13H15I2NO. The molecule has 0 aliphatic rings. The number of nitrogens with zero attached hydrogens (tertiary/aromatic N) is 1. The van der Waals surface area contributed by atoms with Crippen LogP contribution >= 0.6 is 45.2 Å². The molecule has 0 saturated heterocycles. The van der Waals surface area contributed by atoms with E-state index in [1.807, 2.05) is 12.1 Å². The average molecular weight is 455 g/mol. The van der Waals surface area contributed by atoms with Crippen molar-refractivity contribution in [1.29, 1.82) is 5.26 Å². The van der Waals surface area contributed by atoms with E-state index >= 15 is 0 Å². The van der Waals surface area contributed by atoms with Gasteiger partial charge in [0.25, 0.3) is 0 Å². The van der Waals surface area contributed by atoms with Gasteiger partial charge < -0.3 is 4.74 Å². The quantitative estimate of drug-likeness (QED) is 0.460. The molecule has 0 aromatic heterocycles. The van der Waals surface area contributed by atoms with Crippen LogP contribution in [0.5, 0.6) is 5.75 Å². The van der Waals surface area contributed by atoms with Gasteiger partial charge in [0, 0.05) is 0 Å². The summed E-state index contributed by atoms with van der Waals surface area (Å²) < 4.78 is 7.82. The monoisotopic (exact) mass is 455 g/mol. The van der Waals surface area contributed by atoms with E-state index in [1.165, 1.54) is 19.3 Å². The molecule has 17 heavy (non-hydrogen) atoms. The van der Waals surface area contributed by atoms with Gasteiger partial charge in [0.15, 0.2) is 0 Å². The van der Waals surface area contributed by atoms with Crippen LogP contribution in [0.1, 0.15) is 38.2 Å². The first-order chi connectivity index (χ1) is 8.19. The van der Waals surface area contributed by atoms with Gasteiger partial charge in [0.2, 0.25) is 0 Å². The zero-order valence-corrected chi connectivity index (χ0v) is 14.1. The highest BCUT2D eigenvalue weighted by atomic mass is 127. The average Bonchev–Trinajstić information content (AvgIpc) is 2.31. The van der Waals surface area contributed by atoms with Crippen molar-refractivity contribution in [2.24, 2.45) is 0 Å². The topological polar surface area (TPSA) is 33.0 Å². The third-order valence-corrected chi connectivity index (χ3v) is 3.97. The number of ether oxygens (including phenoxy) is 1. The SMILES string of the molecule is CCCCCCOc1c(I)cc(C#N)cc1I. The second kappa shape index (κ2) is 8.14. The lowest BCUT2D eigenvalue weighted by Crippen LogP contribution is -2.01. The predicted molar refractivity (Wildman–Crippen MR) is 86.2 cm³/mol. The molecule has 0 spiro atoms. The molecule has 0 N–H and O–H groups in total. The first kappa shape index (κ1) is 15.0. The van der Waals surface area contributed by atoms with Crippen LogP contribution in [0.3, 0.4) is 0 Å². The summed E-state index contributed by atoms with van der Waals surface area (Å²) in [5, 5.41) is 8.85. The Morgan fingerprint density at radius 1 is 1.18 bits per heavy atom. The van der Waals surface area contributed by atoms with Gasteiger partial charge in [-0.15, -0.1) is 0 Å². The minimum atomic E-state index is 0.692. The fourth-order valence-electron chi connectivity index (χ4n) is 1.47. The van der Waals surface area contributed by atoms with Gasteiger partial charge in [-0.05, 0) is 63.7 Å². The summed E-state index contributed by atoms with van der Waals surface area (Å²) in [7, 11) is 0. The van der Waals surface area contributed by atoms with Crippen molar-refractivity contribution in [3.05, 3.63) is 24.8 Å². The summed E-state index contributed by atoms with van der Waals surface area (Å²) in [6.07, 6.45) is 4.83. The molecule has 0 atom stereocenters. The fraction of sp³-hybridized carbons (Fsp3) is 0.462. The Hall–Kier alpha value is -0.0300. The highest BCUT2D eigenvalue weighted by molar-refractivity contribution is 14.1. The summed E-state index contributed by atoms with van der Waals surface area (Å²) >= 11 is 4.44. The van der Waals surface area contributed by atoms with Crippen molar-refractivity contribution < 1.29 is 4.74 Å². The van der Waals surface area contributed by atoms with Gasteiger partial charge in [0.05, 0.1) is 25.4 Å². The van der Waals surface area contributed by atoms with Crippen LogP contribution in [0.4, 0.5) is 0 Å². The lowest BCUT2D eigenvalue weighted by atomic mass is 10.2. The minimum absolute atomic E-state index is 0.692. The molecule has 92 valence electrons. The maximum atomic E-state index is 8.85. The Bertz CT molecular complexity index is 389. The maximum Gasteiger partial charge on any atom is 0.146 e. The predicted octanol–water partition coefficient (Wildman–Crippen LogP) is 4.73. The molecule has 0 amide bonds. The summed E-state index contributed by atoms with van der Waals surface area (Å²) in [6.45, 7) is 2.96. The van der Waals surface area contributed by atoms with Crippen molar-refractivity contribution in [3.8, 4) is 11.8 Å². The van der Waals surface area contributed by atoms with Crippen LogP contribution in [0, 0.1) is 18.5 Å². The third-order valence-electron chi connectivity index (χ3n) is 2.37. The maximum absolute atomic E-state index is 8.85. The van der Waals surface area contributed by atoms with Crippen LogP contribution in [0.25, 0.3) is 0 Å². The van der Waals surface area contributed by atoms with Crippen molar-refractivity contribution >= 4 is 45.2 Å². The van der Waals surface area contributed by atoms with Crippen LogP contribution in [0.15, 0.2) is 12.1 Å². The molecule has 4 heteroatoms. The number of hydrogen-bond donors (Lipinski definition) is 0. The lowest BCUT2D eigenvalue weighted by molar-refractivity contribution is 0.301. The van der Waals surface area contributed by atoms with E-state index in [4.69, 9.17) is 10.00 Å². The number of rotatable bonds is 6. The normalized spacial score (nSPS) is 10.0. The van der Waals surface area contributed by atoms with Crippen LogP contribution in [-0.4, -0.2) is 6.61 Å². The van der Waals surface area contributed by atoms with Crippen LogP contribution in [-0.2, 0) is 0 Å². The van der Waals surface area contributed by atoms with E-state index in [2.05, 4.69) is 58.2 Å². The van der Waals surface area contributed by atoms with Gasteiger partial charge in [0.1, 0.15) is 5.75 Å². The van der Waals surface area contributed by atoms with Crippen LogP contribution < -0.4 is 4.74 Å². The van der Waals surface area contributed by atoms with Crippen molar-refractivity contribution in [2.45, 2.75) is 32.6 Å². The van der Waals surface area contributed by atoms with Gasteiger partial charge in [-0.1, -0.05) is 26.2 Å². The first-order valence-electron chi connectivity index (χ1n) is 5.71. The number of hydrogen-bond acceptors (Lipinski definition) is 2. The number of unbranched alkanes of at least 4 members (excludes halogenated alkanes) is 3. The highest BCUT2D eigenvalue weighted by Crippen LogP contribution is 2.28. The molecule has 0 aliphatic carbocycles. The largest absolute Gasteiger partial charge is 0.491 e. The summed E-state index contributed by atoms with van der Waals surface area (Å²) in [6, 6.07) is 5.89. The fourth-order valence-corrected chi connectivity index (χ4v) is 3.54. The van der Waals surface area contributed by atoms with Gasteiger partial charge >= 0.3 is 0 Å². The minimum Gasteiger partial charge on any atom is -0.491 e. The van der Waals surface area contributed by atoms with Crippen molar-refractivity contribution in [2.75, 3.05) is 6.61 Å². The molecule has 1 rings (SSSR count). The van der Waals surface area contributed by atoms with Crippen molar-refractivity contribution in [3.63, 3.8) is 0 Å². The van der Waals surface area contributed by atoms with Gasteiger partial charge in [-0.25, -0.2) is 0 Å². The Kier molecular flexibility index (Phi) is 7.19. The zero-order chi connectivity index (χ0) is 12.7. The summed E-state index contributed by atoms with van der Waals surface area (Å²) in [5.74, 6) is 0.918. The molecule has 1 aromatic carbocycles. The van der Waals surface area contributed by atoms with E-state index in [9.17, 15) is 0 Å². The molecule has 2 nitrogen and oxygen atoms in total. The van der Waals surface area contributed by atoms with Gasteiger partial charge in [-0.2, -0.15) is 5.26 Å². The second-order valence-electron chi connectivity index (χ2n) is 3.79. The third kappa shape index (κ3) is 5.00. The molecule has 0 aliphatic heterocycles. The smallest absolute Gasteiger partial charge is 0.146 e. The lowest BCUT2D eigenvalue weighted by Gasteiger charge is -2.10. The Morgan fingerprint density at radius 3 is 2.35 bits per heavy atom. The highest BCUT2D eigenvalue weighted by Gasteiger charge is 2.08. The van der Waals surface area contributed by atoms with Crippen LogP contribution in [0.2, 0.25) is 0 Å². The molecule has 0 unspecified atom stereocenters. The molecule has 1 aromatic rings. The molecule has 0 heterocycles. The molecular weight excluding hydrogens is 440 g/mol. The zero-order valence-electron chi connectivity index (χ0n) is 9.80. The second-order valence-corrected chi connectivity index (χ2v) is 6.11. The Balaban J connectivity index is 2.57. The van der Waals surface area contributed by atoms with E-state index in [0.717, 1.165) is 25.9 Å². The summed E-state index contributed by atoms with van der Waals surface area (Å²) in [4.78, 5) is 0. The Labute approximate surface area is 130 Å². The molecule has 0 fully saturated rings. The number of halogens is 2. The first-order valence-corrected chi connectivity index (χ1v) is 7.86. The van der Waals surface area contributed by atoms with E-state index in [-0.39, 0.29) is 0 Å². The van der Waals surface area contributed by atoms with Gasteiger partial charge in [-0.3, -0.25) is 0 Å². The molecule has 0 bridgehead atoms. The van der Waals surface area contributed by atoms with E-state index < -0.39 is 0 Å². The van der Waals surface area contributed by atoms with E-state index in [0.29, 0.717) is 5.56 Å². The molecule has 0 radical (unpaired) electrons. The van der Waals surface area contributed by atoms with Crippen molar-refractivity contribution in [1.82, 2.24) is 0 Å². The number of nitriles is 1. The standard InChI is InChI=1S/C13H15I2NO/c1-2-3-4-5-6-17-13-11(14)7-10(9-16)8-12(13)15/h7-8H,2-6H2,1H3.